The third-order valence-corrected chi connectivity index (χ3v) is 5.72. The van der Waals surface area contributed by atoms with Gasteiger partial charge in [-0.1, -0.05) is 42.5 Å². The Balaban J connectivity index is 2.06. The highest BCUT2D eigenvalue weighted by Crippen LogP contribution is 2.11. The lowest BCUT2D eigenvalue weighted by Crippen LogP contribution is -2.58. The average Bonchev–Trinajstić information content (AvgIpc) is 2.90. The third-order valence-electron chi connectivity index (χ3n) is 5.72. The first kappa shape index (κ1) is 30.7. The number of carbonyl (C=O) groups is 5. The first-order valence-electron chi connectivity index (χ1n) is 12.0. The minimum Gasteiger partial charge on any atom is -0.508 e. The van der Waals surface area contributed by atoms with Gasteiger partial charge in [0.05, 0.1) is 12.6 Å². The summed E-state index contributed by atoms with van der Waals surface area (Å²) in [5.74, 6) is -5.26. The topological polar surface area (TPSA) is 228 Å². The second kappa shape index (κ2) is 15.1. The van der Waals surface area contributed by atoms with Crippen molar-refractivity contribution in [3.63, 3.8) is 0 Å². The molecule has 4 unspecified atom stereocenters. The monoisotopic (exact) mass is 544 g/mol. The summed E-state index contributed by atoms with van der Waals surface area (Å²) in [5.41, 5.74) is 7.19. The number of phenolic OH excluding ortho intramolecular Hbond substituents is 1. The number of amides is 3. The summed E-state index contributed by atoms with van der Waals surface area (Å²) in [4.78, 5) is 61.0. The zero-order chi connectivity index (χ0) is 28.9. The van der Waals surface area contributed by atoms with E-state index in [2.05, 4.69) is 16.0 Å². The average molecular weight is 545 g/mol. The Morgan fingerprint density at radius 1 is 0.718 bits per heavy atom. The fourth-order valence-electron chi connectivity index (χ4n) is 3.58. The molecular formula is C26H32N4O9. The molecule has 0 aliphatic heterocycles. The van der Waals surface area contributed by atoms with Crippen LogP contribution < -0.4 is 21.7 Å². The van der Waals surface area contributed by atoms with Crippen molar-refractivity contribution >= 4 is 29.7 Å². The molecule has 39 heavy (non-hydrogen) atoms. The minimum absolute atomic E-state index is 0.0272. The number of benzene rings is 2. The maximum absolute atomic E-state index is 12.9. The molecule has 13 nitrogen and oxygen atoms in total. The number of nitrogens with two attached hydrogens (primary N) is 1. The van der Waals surface area contributed by atoms with Crippen LogP contribution in [-0.4, -0.2) is 80.9 Å². The van der Waals surface area contributed by atoms with Crippen LogP contribution in [0.1, 0.15) is 24.0 Å². The molecule has 0 aliphatic carbocycles. The van der Waals surface area contributed by atoms with E-state index in [4.69, 9.17) is 10.8 Å². The fourth-order valence-corrected chi connectivity index (χ4v) is 3.58. The highest BCUT2D eigenvalue weighted by atomic mass is 16.4. The largest absolute Gasteiger partial charge is 0.508 e. The number of carboxylic acids is 2. The number of nitrogens with one attached hydrogen (secondary N) is 3. The van der Waals surface area contributed by atoms with Crippen LogP contribution in [0, 0.1) is 0 Å². The summed E-state index contributed by atoms with van der Waals surface area (Å²) < 4.78 is 0. The van der Waals surface area contributed by atoms with Crippen molar-refractivity contribution in [1.82, 2.24) is 16.0 Å². The smallest absolute Gasteiger partial charge is 0.326 e. The van der Waals surface area contributed by atoms with Crippen LogP contribution in [0.5, 0.6) is 5.75 Å². The van der Waals surface area contributed by atoms with Crippen LogP contribution in [0.15, 0.2) is 54.6 Å². The molecule has 2 aromatic carbocycles. The van der Waals surface area contributed by atoms with Gasteiger partial charge in [-0.15, -0.1) is 0 Å². The molecule has 0 fully saturated rings. The lowest BCUT2D eigenvalue weighted by molar-refractivity contribution is -0.142. The Morgan fingerprint density at radius 2 is 1.26 bits per heavy atom. The highest BCUT2D eigenvalue weighted by molar-refractivity contribution is 5.94. The molecule has 2 aromatic rings. The first-order chi connectivity index (χ1) is 18.5. The van der Waals surface area contributed by atoms with Gasteiger partial charge in [0, 0.05) is 12.8 Å². The molecule has 0 aromatic heterocycles. The molecule has 3 amide bonds. The second-order valence-electron chi connectivity index (χ2n) is 8.80. The van der Waals surface area contributed by atoms with Gasteiger partial charge in [0.25, 0.3) is 0 Å². The number of carboxylic acid groups (broad SMARTS) is 2. The Bertz CT molecular complexity index is 1140. The number of aliphatic carboxylic acids is 2. The molecule has 0 spiro atoms. The summed E-state index contributed by atoms with van der Waals surface area (Å²) in [5, 5.41) is 44.5. The van der Waals surface area contributed by atoms with E-state index in [0.29, 0.717) is 11.1 Å². The fraction of sp³-hybridized carbons (Fsp3) is 0.346. The van der Waals surface area contributed by atoms with E-state index in [-0.39, 0.29) is 25.0 Å². The second-order valence-corrected chi connectivity index (χ2v) is 8.80. The van der Waals surface area contributed by atoms with E-state index in [9.17, 15) is 39.3 Å². The molecule has 9 N–H and O–H groups in total. The number of aliphatic hydroxyl groups is 1. The molecule has 4 atom stereocenters. The van der Waals surface area contributed by atoms with Crippen molar-refractivity contribution in [3.05, 3.63) is 65.7 Å². The molecule has 2 rings (SSSR count). The lowest BCUT2D eigenvalue weighted by Gasteiger charge is -2.24. The van der Waals surface area contributed by atoms with Gasteiger partial charge in [0.1, 0.15) is 23.9 Å². The van der Waals surface area contributed by atoms with Gasteiger partial charge in [0.2, 0.25) is 17.7 Å². The molecule has 0 saturated carbocycles. The third kappa shape index (κ3) is 10.4. The number of aliphatic hydroxyl groups excluding tert-OH is 1. The van der Waals surface area contributed by atoms with Crippen LogP contribution in [0.4, 0.5) is 0 Å². The Labute approximate surface area is 224 Å². The van der Waals surface area contributed by atoms with Crippen molar-refractivity contribution < 1.29 is 44.4 Å². The summed E-state index contributed by atoms with van der Waals surface area (Å²) in [7, 11) is 0. The van der Waals surface area contributed by atoms with E-state index in [1.807, 2.05) is 0 Å². The van der Waals surface area contributed by atoms with E-state index >= 15 is 0 Å². The quantitative estimate of drug-likeness (QED) is 0.135. The van der Waals surface area contributed by atoms with Crippen LogP contribution in [0.2, 0.25) is 0 Å². The molecule has 13 heteroatoms. The van der Waals surface area contributed by atoms with Crippen molar-refractivity contribution in [2.24, 2.45) is 5.73 Å². The molecule has 0 radical (unpaired) electrons. The maximum Gasteiger partial charge on any atom is 0.326 e. The zero-order valence-corrected chi connectivity index (χ0v) is 20.9. The summed E-state index contributed by atoms with van der Waals surface area (Å²) in [6, 6.07) is 8.98. The van der Waals surface area contributed by atoms with Gasteiger partial charge in [-0.05, 0) is 36.1 Å². The lowest BCUT2D eigenvalue weighted by atomic mass is 10.0. The van der Waals surface area contributed by atoms with Crippen molar-refractivity contribution in [2.45, 2.75) is 49.9 Å². The Morgan fingerprint density at radius 3 is 1.82 bits per heavy atom. The van der Waals surface area contributed by atoms with Gasteiger partial charge >= 0.3 is 11.9 Å². The first-order valence-corrected chi connectivity index (χ1v) is 12.0. The Kier molecular flexibility index (Phi) is 11.9. The summed E-state index contributed by atoms with van der Waals surface area (Å²) in [6.07, 6.45) is -0.840. The summed E-state index contributed by atoms with van der Waals surface area (Å²) >= 11 is 0. The standard InChI is InChI=1S/C26H32N4O9/c27-18(12-16-6-8-17(32)9-7-16)23(35)28-19(10-11-22(33)34)24(36)30-21(14-31)25(37)29-20(26(38)39)13-15-4-2-1-3-5-15/h1-9,18-21,31-32H,10-14,27H2,(H,28,35)(H,29,37)(H,30,36)(H,33,34)(H,38,39). The van der Waals surface area contributed by atoms with E-state index in [0.717, 1.165) is 0 Å². The highest BCUT2D eigenvalue weighted by Gasteiger charge is 2.30. The molecule has 0 saturated heterocycles. The van der Waals surface area contributed by atoms with E-state index < -0.39 is 66.9 Å². The molecule has 0 aliphatic rings. The van der Waals surface area contributed by atoms with Gasteiger partial charge < -0.3 is 42.1 Å². The van der Waals surface area contributed by atoms with Crippen molar-refractivity contribution in [2.75, 3.05) is 6.61 Å². The summed E-state index contributed by atoms with van der Waals surface area (Å²) in [6.45, 7) is -0.894. The molecule has 210 valence electrons. The zero-order valence-electron chi connectivity index (χ0n) is 20.9. The van der Waals surface area contributed by atoms with Gasteiger partial charge in [-0.3, -0.25) is 19.2 Å². The number of hydrogen-bond donors (Lipinski definition) is 8. The van der Waals surface area contributed by atoms with Crippen molar-refractivity contribution in [3.8, 4) is 5.75 Å². The molecule has 0 heterocycles. The van der Waals surface area contributed by atoms with Crippen molar-refractivity contribution in [1.29, 1.82) is 0 Å². The number of rotatable bonds is 15. The number of hydrogen-bond acceptors (Lipinski definition) is 8. The normalized spacial score (nSPS) is 13.8. The number of carbonyl (C=O) groups excluding carboxylic acids is 3. The number of phenols is 1. The van der Waals surface area contributed by atoms with E-state index in [1.54, 1.807) is 42.5 Å². The Hall–Kier alpha value is -4.49. The molecule has 0 bridgehead atoms. The SMILES string of the molecule is NC(Cc1ccc(O)cc1)C(=O)NC(CCC(=O)O)C(=O)NC(CO)C(=O)NC(Cc1ccccc1)C(=O)O. The number of aromatic hydroxyl groups is 1. The van der Waals surface area contributed by atoms with Gasteiger partial charge in [-0.2, -0.15) is 0 Å². The predicted molar refractivity (Wildman–Crippen MR) is 137 cm³/mol. The maximum atomic E-state index is 12.9. The van der Waals surface area contributed by atoms with Crippen LogP contribution in [-0.2, 0) is 36.8 Å². The molecular weight excluding hydrogens is 512 g/mol. The van der Waals surface area contributed by atoms with Crippen LogP contribution >= 0.6 is 0 Å². The van der Waals surface area contributed by atoms with Crippen LogP contribution in [0.25, 0.3) is 0 Å². The van der Waals surface area contributed by atoms with E-state index in [1.165, 1.54) is 12.1 Å². The van der Waals surface area contributed by atoms with Gasteiger partial charge in [-0.25, -0.2) is 4.79 Å². The van der Waals surface area contributed by atoms with Gasteiger partial charge in [0.15, 0.2) is 0 Å². The predicted octanol–water partition coefficient (Wildman–Crippen LogP) is -1.10. The van der Waals surface area contributed by atoms with Crippen LogP contribution in [0.3, 0.4) is 0 Å². The minimum atomic E-state index is -1.58.